The van der Waals surface area contributed by atoms with Crippen molar-refractivity contribution in [2.75, 3.05) is 0 Å². The van der Waals surface area contributed by atoms with Crippen molar-refractivity contribution in [2.45, 2.75) is 50.3 Å². The van der Waals surface area contributed by atoms with Gasteiger partial charge in [0.1, 0.15) is 0 Å². The maximum Gasteiger partial charge on any atom is 0.0867 e. The lowest BCUT2D eigenvalue weighted by molar-refractivity contribution is 0.0761. The topological polar surface area (TPSA) is 32.3 Å². The highest BCUT2D eigenvalue weighted by molar-refractivity contribution is 5.28. The first-order chi connectivity index (χ1) is 12.8. The normalized spacial score (nSPS) is 28.0. The summed E-state index contributed by atoms with van der Waals surface area (Å²) in [5, 5.41) is 15.0. The summed E-state index contributed by atoms with van der Waals surface area (Å²) in [7, 11) is 0. The van der Waals surface area contributed by atoms with Gasteiger partial charge in [-0.25, -0.2) is 0 Å². The van der Waals surface area contributed by atoms with Crippen LogP contribution in [0.5, 0.6) is 0 Å². The summed E-state index contributed by atoms with van der Waals surface area (Å²) in [6.07, 6.45) is 10.6. The van der Waals surface area contributed by atoms with E-state index in [1.54, 1.807) is 0 Å². The minimum absolute atomic E-state index is 0.125. The number of rotatable bonds is 4. The molecule has 1 heterocycles. The van der Waals surface area contributed by atoms with Gasteiger partial charge in [-0.2, -0.15) is 0 Å². The zero-order chi connectivity index (χ0) is 17.8. The highest BCUT2D eigenvalue weighted by Crippen LogP contribution is 2.39. The van der Waals surface area contributed by atoms with E-state index in [1.165, 1.54) is 37.7 Å². The largest absolute Gasteiger partial charge is 0.388 e. The van der Waals surface area contributed by atoms with Crippen LogP contribution in [-0.2, 0) is 0 Å². The van der Waals surface area contributed by atoms with Crippen LogP contribution in [0.4, 0.5) is 0 Å². The third-order valence-corrected chi connectivity index (χ3v) is 6.13. The van der Waals surface area contributed by atoms with Gasteiger partial charge in [0.15, 0.2) is 0 Å². The van der Waals surface area contributed by atoms with Gasteiger partial charge in [0.25, 0.3) is 0 Å². The van der Waals surface area contributed by atoms with Gasteiger partial charge in [0.05, 0.1) is 12.1 Å². The number of aliphatic hydroxyl groups excluding tert-OH is 1. The van der Waals surface area contributed by atoms with E-state index in [0.29, 0.717) is 12.0 Å². The Labute approximate surface area is 157 Å². The fourth-order valence-electron chi connectivity index (χ4n) is 4.72. The van der Waals surface area contributed by atoms with Crippen LogP contribution in [0.2, 0.25) is 0 Å². The molecule has 1 fully saturated rings. The average Bonchev–Trinajstić information content (AvgIpc) is 2.75. The number of benzene rings is 2. The SMILES string of the molecule is OC(c1ccccc1)[C@@H]1C=C[C@@H](c2ccccc2)N[C@H]1C1CCCCC1. The minimum Gasteiger partial charge on any atom is -0.388 e. The van der Waals surface area contributed by atoms with Gasteiger partial charge in [-0.1, -0.05) is 92.1 Å². The van der Waals surface area contributed by atoms with Crippen LogP contribution in [-0.4, -0.2) is 11.1 Å². The van der Waals surface area contributed by atoms with E-state index in [2.05, 4.69) is 47.8 Å². The molecule has 2 aliphatic rings. The molecular weight excluding hydrogens is 318 g/mol. The van der Waals surface area contributed by atoms with Crippen molar-refractivity contribution < 1.29 is 5.11 Å². The van der Waals surface area contributed by atoms with Crippen LogP contribution in [0.1, 0.15) is 55.4 Å². The minimum atomic E-state index is -0.455. The molecule has 0 amide bonds. The molecule has 4 rings (SSSR count). The molecule has 1 aliphatic heterocycles. The Kier molecular flexibility index (Phi) is 5.52. The van der Waals surface area contributed by atoms with Gasteiger partial charge in [-0.05, 0) is 29.9 Å². The second-order valence-electron chi connectivity index (χ2n) is 7.80. The highest BCUT2D eigenvalue weighted by atomic mass is 16.3. The Balaban J connectivity index is 1.62. The van der Waals surface area contributed by atoms with Crippen molar-refractivity contribution in [3.63, 3.8) is 0 Å². The smallest absolute Gasteiger partial charge is 0.0867 e. The Bertz CT molecular complexity index is 706. The maximum absolute atomic E-state index is 11.1. The Morgan fingerprint density at radius 3 is 2.15 bits per heavy atom. The zero-order valence-electron chi connectivity index (χ0n) is 15.3. The van der Waals surface area contributed by atoms with Crippen molar-refractivity contribution >= 4 is 0 Å². The Morgan fingerprint density at radius 1 is 0.808 bits per heavy atom. The van der Waals surface area contributed by atoms with Crippen LogP contribution < -0.4 is 5.32 Å². The molecule has 1 saturated carbocycles. The summed E-state index contributed by atoms with van der Waals surface area (Å²) in [4.78, 5) is 0. The molecule has 2 N–H and O–H groups in total. The molecule has 26 heavy (non-hydrogen) atoms. The first-order valence-corrected chi connectivity index (χ1v) is 10.1. The zero-order valence-corrected chi connectivity index (χ0v) is 15.3. The van der Waals surface area contributed by atoms with Gasteiger partial charge in [0.2, 0.25) is 0 Å². The van der Waals surface area contributed by atoms with Crippen molar-refractivity contribution in [3.8, 4) is 0 Å². The predicted molar refractivity (Wildman–Crippen MR) is 107 cm³/mol. The van der Waals surface area contributed by atoms with Gasteiger partial charge >= 0.3 is 0 Å². The predicted octanol–water partition coefficient (Wildman–Crippen LogP) is 5.19. The van der Waals surface area contributed by atoms with Gasteiger partial charge < -0.3 is 10.4 Å². The molecule has 0 aromatic heterocycles. The summed E-state index contributed by atoms with van der Waals surface area (Å²) in [6.45, 7) is 0. The number of hydrogen-bond acceptors (Lipinski definition) is 2. The molecule has 0 saturated heterocycles. The second kappa shape index (κ2) is 8.20. The molecule has 136 valence electrons. The third kappa shape index (κ3) is 3.77. The van der Waals surface area contributed by atoms with Gasteiger partial charge in [0, 0.05) is 12.0 Å². The van der Waals surface area contributed by atoms with Crippen LogP contribution in [0.25, 0.3) is 0 Å². The van der Waals surface area contributed by atoms with E-state index < -0.39 is 6.10 Å². The molecule has 2 aromatic rings. The number of aliphatic hydroxyl groups is 1. The van der Waals surface area contributed by atoms with Crippen molar-refractivity contribution in [1.82, 2.24) is 5.32 Å². The van der Waals surface area contributed by atoms with Crippen molar-refractivity contribution in [3.05, 3.63) is 83.9 Å². The van der Waals surface area contributed by atoms with Crippen LogP contribution >= 0.6 is 0 Å². The lowest BCUT2D eigenvalue weighted by Crippen LogP contribution is -2.48. The molecule has 4 atom stereocenters. The van der Waals surface area contributed by atoms with Gasteiger partial charge in [-0.3, -0.25) is 0 Å². The second-order valence-corrected chi connectivity index (χ2v) is 7.80. The summed E-state index contributed by atoms with van der Waals surface area (Å²) in [5.41, 5.74) is 2.32. The van der Waals surface area contributed by atoms with E-state index in [9.17, 15) is 5.11 Å². The monoisotopic (exact) mass is 347 g/mol. The van der Waals surface area contributed by atoms with E-state index in [0.717, 1.165) is 5.56 Å². The molecule has 0 radical (unpaired) electrons. The van der Waals surface area contributed by atoms with Crippen molar-refractivity contribution in [1.29, 1.82) is 0 Å². The molecular formula is C24H29NO. The molecule has 0 spiro atoms. The summed E-state index contributed by atoms with van der Waals surface area (Å²) >= 11 is 0. The first-order valence-electron chi connectivity index (χ1n) is 10.1. The van der Waals surface area contributed by atoms with E-state index in [-0.39, 0.29) is 12.0 Å². The van der Waals surface area contributed by atoms with Gasteiger partial charge in [-0.15, -0.1) is 0 Å². The summed E-state index contributed by atoms with van der Waals surface area (Å²) < 4.78 is 0. The Hall–Kier alpha value is -1.90. The lowest BCUT2D eigenvalue weighted by Gasteiger charge is -2.42. The molecule has 1 unspecified atom stereocenters. The maximum atomic E-state index is 11.1. The van der Waals surface area contributed by atoms with Crippen molar-refractivity contribution in [2.24, 2.45) is 11.8 Å². The fourth-order valence-corrected chi connectivity index (χ4v) is 4.72. The standard InChI is InChI=1S/C24H29NO/c26-24(20-14-8-3-9-15-20)21-16-17-22(18-10-4-1-5-11-18)25-23(21)19-12-6-2-7-13-19/h1,3-5,8-11,14-17,19,21-26H,2,6-7,12-13H2/t21-,22+,23+,24?/m1/s1. The highest BCUT2D eigenvalue weighted by Gasteiger charge is 2.37. The first kappa shape index (κ1) is 17.5. The molecule has 2 aromatic carbocycles. The van der Waals surface area contributed by atoms with Crippen LogP contribution in [0, 0.1) is 11.8 Å². The van der Waals surface area contributed by atoms with Crippen LogP contribution in [0.15, 0.2) is 72.8 Å². The van der Waals surface area contributed by atoms with E-state index in [1.807, 2.05) is 30.3 Å². The summed E-state index contributed by atoms with van der Waals surface area (Å²) in [6, 6.07) is 21.3. The molecule has 2 heteroatoms. The van der Waals surface area contributed by atoms with Crippen LogP contribution in [0.3, 0.4) is 0 Å². The molecule has 1 aliphatic carbocycles. The quantitative estimate of drug-likeness (QED) is 0.746. The molecule has 2 nitrogen and oxygen atoms in total. The van der Waals surface area contributed by atoms with E-state index >= 15 is 0 Å². The lowest BCUT2D eigenvalue weighted by atomic mass is 9.73. The third-order valence-electron chi connectivity index (χ3n) is 6.13. The summed E-state index contributed by atoms with van der Waals surface area (Å²) in [5.74, 6) is 0.767. The van der Waals surface area contributed by atoms with E-state index in [4.69, 9.17) is 0 Å². The molecule has 0 bridgehead atoms. The number of hydrogen-bond donors (Lipinski definition) is 2. The Morgan fingerprint density at radius 2 is 1.46 bits per heavy atom. The average molecular weight is 348 g/mol. The fraction of sp³-hybridized carbons (Fsp3) is 0.417. The number of nitrogens with one attached hydrogen (secondary N) is 1.